The van der Waals surface area contributed by atoms with E-state index in [9.17, 15) is 0 Å². The summed E-state index contributed by atoms with van der Waals surface area (Å²) in [5, 5.41) is 3.67. The van der Waals surface area contributed by atoms with E-state index in [1.54, 1.807) is 7.11 Å². The van der Waals surface area contributed by atoms with Gasteiger partial charge >= 0.3 is 0 Å². The van der Waals surface area contributed by atoms with Crippen LogP contribution in [-0.4, -0.2) is 50.0 Å². The summed E-state index contributed by atoms with van der Waals surface area (Å²) in [7, 11) is 1.79. The first-order valence-corrected chi connectivity index (χ1v) is 7.68. The fourth-order valence-corrected chi connectivity index (χ4v) is 4.39. The lowest BCUT2D eigenvalue weighted by atomic mass is 9.79. The Balaban J connectivity index is 2.01. The molecule has 0 amide bonds. The molecular formula is C13H25NO2S. The van der Waals surface area contributed by atoms with Gasteiger partial charge in [0.25, 0.3) is 0 Å². The molecule has 2 rings (SSSR count). The van der Waals surface area contributed by atoms with Crippen LogP contribution in [0.4, 0.5) is 0 Å². The van der Waals surface area contributed by atoms with Gasteiger partial charge in [0.15, 0.2) is 0 Å². The van der Waals surface area contributed by atoms with Gasteiger partial charge < -0.3 is 14.8 Å². The lowest BCUT2D eigenvalue weighted by Gasteiger charge is -2.44. The van der Waals surface area contributed by atoms with Gasteiger partial charge in [-0.25, -0.2) is 0 Å². The lowest BCUT2D eigenvalue weighted by Crippen LogP contribution is -2.59. The van der Waals surface area contributed by atoms with Crippen molar-refractivity contribution in [1.82, 2.24) is 5.32 Å². The minimum atomic E-state index is 0.0912. The predicted octanol–water partition coefficient (Wildman–Crippen LogP) is 1.91. The van der Waals surface area contributed by atoms with Crippen molar-refractivity contribution in [1.29, 1.82) is 0 Å². The van der Waals surface area contributed by atoms with Crippen molar-refractivity contribution in [3.8, 4) is 0 Å². The minimum absolute atomic E-state index is 0.0912. The third-order valence-corrected chi connectivity index (χ3v) is 5.01. The molecule has 0 aromatic heterocycles. The number of hydrogen-bond acceptors (Lipinski definition) is 4. The van der Waals surface area contributed by atoms with Crippen molar-refractivity contribution in [2.75, 3.05) is 38.4 Å². The van der Waals surface area contributed by atoms with Crippen molar-refractivity contribution in [3.05, 3.63) is 0 Å². The summed E-state index contributed by atoms with van der Waals surface area (Å²) in [6, 6.07) is 0.483. The largest absolute Gasteiger partial charge is 0.384 e. The third-order valence-electron chi connectivity index (χ3n) is 3.83. The van der Waals surface area contributed by atoms with Crippen LogP contribution in [0.2, 0.25) is 0 Å². The summed E-state index contributed by atoms with van der Waals surface area (Å²) >= 11 is 2.03. The van der Waals surface area contributed by atoms with Crippen molar-refractivity contribution in [2.24, 2.45) is 5.41 Å². The molecular weight excluding hydrogens is 234 g/mol. The lowest BCUT2D eigenvalue weighted by molar-refractivity contribution is -0.0903. The van der Waals surface area contributed by atoms with Gasteiger partial charge in [0.1, 0.15) is 0 Å². The number of nitrogens with one attached hydrogen (secondary N) is 1. The molecule has 0 bridgehead atoms. The van der Waals surface area contributed by atoms with Gasteiger partial charge in [-0.2, -0.15) is 11.8 Å². The molecule has 2 atom stereocenters. The molecule has 0 radical (unpaired) electrons. The van der Waals surface area contributed by atoms with E-state index in [0.717, 1.165) is 31.9 Å². The zero-order valence-corrected chi connectivity index (χ0v) is 12.1. The van der Waals surface area contributed by atoms with Gasteiger partial charge in [-0.3, -0.25) is 0 Å². The number of thioether (sulfide) groups is 1. The molecule has 3 nitrogen and oxygen atoms in total. The summed E-state index contributed by atoms with van der Waals surface area (Å²) in [4.78, 5) is 0. The average Bonchev–Trinajstić information content (AvgIpc) is 2.71. The molecule has 0 aliphatic carbocycles. The topological polar surface area (TPSA) is 30.5 Å². The fraction of sp³-hybridized carbons (Fsp3) is 1.00. The molecule has 4 heteroatoms. The molecule has 100 valence electrons. The third kappa shape index (κ3) is 3.16. The van der Waals surface area contributed by atoms with Gasteiger partial charge in [-0.05, 0) is 24.0 Å². The number of morpholine rings is 1. The second kappa shape index (κ2) is 5.47. The average molecular weight is 259 g/mol. The highest BCUT2D eigenvalue weighted by atomic mass is 32.2. The Morgan fingerprint density at radius 1 is 1.53 bits per heavy atom. The SMILES string of the molecule is COCC(C)(C)CC1NCCOC12CCSC2. The molecule has 2 heterocycles. The van der Waals surface area contributed by atoms with E-state index in [2.05, 4.69) is 19.2 Å². The first-order chi connectivity index (χ1) is 8.08. The molecule has 0 aromatic carbocycles. The van der Waals surface area contributed by atoms with Crippen LogP contribution >= 0.6 is 11.8 Å². The van der Waals surface area contributed by atoms with Crippen molar-refractivity contribution >= 4 is 11.8 Å². The number of hydrogen-bond donors (Lipinski definition) is 1. The molecule has 2 saturated heterocycles. The van der Waals surface area contributed by atoms with Crippen LogP contribution in [0.15, 0.2) is 0 Å². The van der Waals surface area contributed by atoms with Gasteiger partial charge in [-0.1, -0.05) is 13.8 Å². The highest BCUT2D eigenvalue weighted by Gasteiger charge is 2.46. The van der Waals surface area contributed by atoms with Crippen LogP contribution < -0.4 is 5.32 Å². The maximum atomic E-state index is 6.14. The molecule has 0 saturated carbocycles. The van der Waals surface area contributed by atoms with Gasteiger partial charge in [0, 0.05) is 25.4 Å². The van der Waals surface area contributed by atoms with Crippen LogP contribution in [-0.2, 0) is 9.47 Å². The maximum absolute atomic E-state index is 6.14. The fourth-order valence-electron chi connectivity index (χ4n) is 2.99. The van der Waals surface area contributed by atoms with Gasteiger partial charge in [0.2, 0.25) is 0 Å². The summed E-state index contributed by atoms with van der Waals surface area (Å²) in [5.74, 6) is 2.39. The smallest absolute Gasteiger partial charge is 0.0933 e. The molecule has 17 heavy (non-hydrogen) atoms. The summed E-state index contributed by atoms with van der Waals surface area (Å²) in [6.07, 6.45) is 2.32. The van der Waals surface area contributed by atoms with Crippen molar-refractivity contribution in [2.45, 2.75) is 38.3 Å². The first-order valence-electron chi connectivity index (χ1n) is 6.52. The summed E-state index contributed by atoms with van der Waals surface area (Å²) in [6.45, 7) is 7.22. The Hall–Kier alpha value is 0.230. The van der Waals surface area contributed by atoms with Crippen LogP contribution in [0.25, 0.3) is 0 Å². The molecule has 2 unspecified atom stereocenters. The molecule has 0 aromatic rings. The van der Waals surface area contributed by atoms with E-state index in [4.69, 9.17) is 9.47 Å². The highest BCUT2D eigenvalue weighted by Crippen LogP contribution is 2.39. The summed E-state index contributed by atoms with van der Waals surface area (Å²) < 4.78 is 11.5. The Morgan fingerprint density at radius 3 is 3.00 bits per heavy atom. The summed E-state index contributed by atoms with van der Waals surface area (Å²) in [5.41, 5.74) is 0.307. The second-order valence-electron chi connectivity index (χ2n) is 6.02. The van der Waals surface area contributed by atoms with E-state index < -0.39 is 0 Å². The number of methoxy groups -OCH3 is 1. The Labute approximate surface area is 109 Å². The minimum Gasteiger partial charge on any atom is -0.384 e. The molecule has 1 N–H and O–H groups in total. The van der Waals surface area contributed by atoms with E-state index in [-0.39, 0.29) is 11.0 Å². The van der Waals surface area contributed by atoms with Crippen LogP contribution in [0.5, 0.6) is 0 Å². The van der Waals surface area contributed by atoms with Crippen molar-refractivity contribution in [3.63, 3.8) is 0 Å². The van der Waals surface area contributed by atoms with Crippen LogP contribution in [0, 0.1) is 5.41 Å². The first kappa shape index (κ1) is 13.7. The molecule has 2 fully saturated rings. The second-order valence-corrected chi connectivity index (χ2v) is 7.13. The zero-order chi connectivity index (χ0) is 12.4. The van der Waals surface area contributed by atoms with Crippen LogP contribution in [0.1, 0.15) is 26.7 Å². The highest BCUT2D eigenvalue weighted by molar-refractivity contribution is 7.99. The zero-order valence-electron chi connectivity index (χ0n) is 11.3. The van der Waals surface area contributed by atoms with Gasteiger partial charge in [0.05, 0.1) is 18.8 Å². The van der Waals surface area contributed by atoms with E-state index in [1.165, 1.54) is 12.2 Å². The predicted molar refractivity (Wildman–Crippen MR) is 72.7 cm³/mol. The Morgan fingerprint density at radius 2 is 2.35 bits per heavy atom. The molecule has 2 aliphatic heterocycles. The standard InChI is InChI=1S/C13H25NO2S/c1-12(2,9-15-3)8-11-13(4-7-17-10-13)16-6-5-14-11/h11,14H,4-10H2,1-3H3. The van der Waals surface area contributed by atoms with Gasteiger partial charge in [-0.15, -0.1) is 0 Å². The molecule has 1 spiro atoms. The van der Waals surface area contributed by atoms with E-state index >= 15 is 0 Å². The Bertz CT molecular complexity index is 252. The van der Waals surface area contributed by atoms with Crippen LogP contribution in [0.3, 0.4) is 0 Å². The number of ether oxygens (including phenoxy) is 2. The van der Waals surface area contributed by atoms with Crippen molar-refractivity contribution < 1.29 is 9.47 Å². The van der Waals surface area contributed by atoms with E-state index in [0.29, 0.717) is 6.04 Å². The maximum Gasteiger partial charge on any atom is 0.0933 e. The quantitative estimate of drug-likeness (QED) is 0.835. The Kier molecular flexibility index (Phi) is 4.40. The normalized spacial score (nSPS) is 34.4. The molecule has 2 aliphatic rings. The monoisotopic (exact) mass is 259 g/mol. The van der Waals surface area contributed by atoms with E-state index in [1.807, 2.05) is 11.8 Å². The number of rotatable bonds is 4.